The standard InChI is InChI=1S/C12H17N.C11H12S.C2H6/c1-11-5-7-12(8-6-11)13-9-3-2-4-10-13;1-9-4-2-5-10(8-9)11-6-3-7-12-11;1-2/h5-8H,2-4,9-10H2,1H3;2-4,6-8,10H,5H2,1H3;1-2H3. The molecular formula is C25H35NS. The predicted molar refractivity (Wildman–Crippen MR) is 123 cm³/mol. The highest BCUT2D eigenvalue weighted by molar-refractivity contribution is 7.10. The van der Waals surface area contributed by atoms with Crippen molar-refractivity contribution in [3.8, 4) is 0 Å². The molecule has 146 valence electrons. The Hall–Kier alpha value is -1.80. The third-order valence-corrected chi connectivity index (χ3v) is 5.90. The van der Waals surface area contributed by atoms with Crippen LogP contribution >= 0.6 is 11.3 Å². The van der Waals surface area contributed by atoms with Crippen molar-refractivity contribution in [1.82, 2.24) is 0 Å². The Morgan fingerprint density at radius 1 is 0.926 bits per heavy atom. The monoisotopic (exact) mass is 381 g/mol. The lowest BCUT2D eigenvalue weighted by Crippen LogP contribution is -2.29. The summed E-state index contributed by atoms with van der Waals surface area (Å²) in [6, 6.07) is 13.2. The Morgan fingerprint density at radius 2 is 1.63 bits per heavy atom. The highest BCUT2D eigenvalue weighted by Gasteiger charge is 2.10. The van der Waals surface area contributed by atoms with Crippen molar-refractivity contribution in [2.75, 3.05) is 18.0 Å². The van der Waals surface area contributed by atoms with Crippen LogP contribution in [-0.4, -0.2) is 13.1 Å². The minimum Gasteiger partial charge on any atom is -0.372 e. The van der Waals surface area contributed by atoms with Gasteiger partial charge in [-0.25, -0.2) is 0 Å². The molecule has 2 heterocycles. The minimum absolute atomic E-state index is 0.634. The van der Waals surface area contributed by atoms with E-state index in [0.717, 1.165) is 6.42 Å². The number of anilines is 1. The van der Waals surface area contributed by atoms with Crippen LogP contribution < -0.4 is 4.90 Å². The molecule has 0 saturated carbocycles. The van der Waals surface area contributed by atoms with Crippen molar-refractivity contribution in [3.63, 3.8) is 0 Å². The van der Waals surface area contributed by atoms with Crippen molar-refractivity contribution in [1.29, 1.82) is 0 Å². The zero-order valence-electron chi connectivity index (χ0n) is 17.4. The van der Waals surface area contributed by atoms with Crippen molar-refractivity contribution >= 4 is 17.0 Å². The number of hydrogen-bond donors (Lipinski definition) is 0. The SMILES string of the molecule is CC.CC1=CC(c2cccs2)CC=C1.Cc1ccc(N2CCCCC2)cc1. The van der Waals surface area contributed by atoms with Gasteiger partial charge in [0, 0.05) is 29.6 Å². The maximum absolute atomic E-state index is 2.49. The number of aryl methyl sites for hydroxylation is 1. The number of nitrogens with zero attached hydrogens (tertiary/aromatic N) is 1. The fourth-order valence-electron chi connectivity index (χ4n) is 3.45. The molecule has 1 aliphatic heterocycles. The van der Waals surface area contributed by atoms with Crippen LogP contribution in [0.5, 0.6) is 0 Å². The van der Waals surface area contributed by atoms with Gasteiger partial charge in [-0.1, -0.05) is 61.4 Å². The summed E-state index contributed by atoms with van der Waals surface area (Å²) in [5, 5.41) is 2.15. The second-order valence-electron chi connectivity index (χ2n) is 7.05. The quantitative estimate of drug-likeness (QED) is 0.514. The van der Waals surface area contributed by atoms with E-state index in [9.17, 15) is 0 Å². The molecule has 1 unspecified atom stereocenters. The molecule has 1 saturated heterocycles. The highest BCUT2D eigenvalue weighted by atomic mass is 32.1. The average Bonchev–Trinajstić information content (AvgIpc) is 3.26. The van der Waals surface area contributed by atoms with Crippen molar-refractivity contribution in [2.24, 2.45) is 0 Å². The topological polar surface area (TPSA) is 3.24 Å². The largest absolute Gasteiger partial charge is 0.372 e. The number of rotatable bonds is 2. The van der Waals surface area contributed by atoms with Crippen LogP contribution in [0.25, 0.3) is 0 Å². The number of thiophene rings is 1. The van der Waals surface area contributed by atoms with Crippen LogP contribution in [0.15, 0.2) is 65.6 Å². The van der Waals surface area contributed by atoms with E-state index in [1.165, 1.54) is 54.1 Å². The summed E-state index contributed by atoms with van der Waals surface area (Å²) in [5.41, 5.74) is 4.13. The van der Waals surface area contributed by atoms with Gasteiger partial charge in [0.25, 0.3) is 0 Å². The van der Waals surface area contributed by atoms with Gasteiger partial charge in [-0.2, -0.15) is 0 Å². The van der Waals surface area contributed by atoms with E-state index < -0.39 is 0 Å². The van der Waals surface area contributed by atoms with Crippen molar-refractivity contribution in [3.05, 3.63) is 76.0 Å². The van der Waals surface area contributed by atoms with Crippen LogP contribution in [0.3, 0.4) is 0 Å². The molecule has 0 spiro atoms. The number of allylic oxidation sites excluding steroid dienone is 4. The normalized spacial score (nSPS) is 18.6. The molecule has 1 aromatic carbocycles. The lowest BCUT2D eigenvalue weighted by molar-refractivity contribution is 0.578. The molecule has 0 radical (unpaired) electrons. The Labute approximate surface area is 170 Å². The maximum atomic E-state index is 2.49. The van der Waals surface area contributed by atoms with Crippen LogP contribution in [0.1, 0.15) is 62.8 Å². The Bertz CT molecular complexity index is 688. The van der Waals surface area contributed by atoms with Gasteiger partial charge in [0.2, 0.25) is 0 Å². The van der Waals surface area contributed by atoms with Crippen molar-refractivity contribution in [2.45, 2.75) is 59.3 Å². The Morgan fingerprint density at radius 3 is 2.22 bits per heavy atom. The molecule has 4 rings (SSSR count). The van der Waals surface area contributed by atoms with Gasteiger partial charge in [0.1, 0.15) is 0 Å². The van der Waals surface area contributed by atoms with Gasteiger partial charge >= 0.3 is 0 Å². The average molecular weight is 382 g/mol. The lowest BCUT2D eigenvalue weighted by Gasteiger charge is -2.28. The zero-order valence-corrected chi connectivity index (χ0v) is 18.3. The fourth-order valence-corrected chi connectivity index (χ4v) is 4.26. The van der Waals surface area contributed by atoms with E-state index in [1.54, 1.807) is 0 Å². The molecule has 0 N–H and O–H groups in total. The second-order valence-corrected chi connectivity index (χ2v) is 8.03. The van der Waals surface area contributed by atoms with E-state index in [4.69, 9.17) is 0 Å². The van der Waals surface area contributed by atoms with Crippen LogP contribution in [0, 0.1) is 6.92 Å². The molecular weight excluding hydrogens is 346 g/mol. The Balaban J connectivity index is 0.000000178. The summed E-state index contributed by atoms with van der Waals surface area (Å²) < 4.78 is 0. The summed E-state index contributed by atoms with van der Waals surface area (Å²) >= 11 is 1.85. The van der Waals surface area contributed by atoms with Gasteiger partial charge in [-0.15, -0.1) is 11.3 Å². The van der Waals surface area contributed by atoms with Crippen LogP contribution in [-0.2, 0) is 0 Å². The minimum atomic E-state index is 0.634. The van der Waals surface area contributed by atoms with E-state index in [0.29, 0.717) is 5.92 Å². The molecule has 1 aliphatic carbocycles. The van der Waals surface area contributed by atoms with Gasteiger partial charge in [-0.3, -0.25) is 0 Å². The molecule has 0 bridgehead atoms. The number of benzene rings is 1. The van der Waals surface area contributed by atoms with Crippen LogP contribution in [0.4, 0.5) is 5.69 Å². The Kier molecular flexibility index (Phi) is 9.41. The van der Waals surface area contributed by atoms with Crippen molar-refractivity contribution < 1.29 is 0 Å². The number of hydrogen-bond acceptors (Lipinski definition) is 2. The summed E-state index contributed by atoms with van der Waals surface area (Å²) in [4.78, 5) is 3.97. The third kappa shape index (κ3) is 7.03. The molecule has 0 amide bonds. The smallest absolute Gasteiger partial charge is 0.0366 e. The maximum Gasteiger partial charge on any atom is 0.0366 e. The molecule has 27 heavy (non-hydrogen) atoms. The molecule has 1 atom stereocenters. The van der Waals surface area contributed by atoms with E-state index in [-0.39, 0.29) is 0 Å². The van der Waals surface area contributed by atoms with Gasteiger partial charge < -0.3 is 4.90 Å². The first-order valence-corrected chi connectivity index (χ1v) is 11.3. The summed E-state index contributed by atoms with van der Waals surface area (Å²) in [6.45, 7) is 10.8. The summed E-state index contributed by atoms with van der Waals surface area (Å²) in [5.74, 6) is 0.634. The first kappa shape index (κ1) is 21.5. The van der Waals surface area contributed by atoms with Gasteiger partial charge in [0.15, 0.2) is 0 Å². The highest BCUT2D eigenvalue weighted by Crippen LogP contribution is 2.29. The van der Waals surface area contributed by atoms with E-state index in [1.807, 2.05) is 25.2 Å². The molecule has 1 nitrogen and oxygen atoms in total. The first-order chi connectivity index (χ1) is 13.2. The molecule has 1 aromatic heterocycles. The number of piperidine rings is 1. The summed E-state index contributed by atoms with van der Waals surface area (Å²) in [7, 11) is 0. The van der Waals surface area contributed by atoms with E-state index >= 15 is 0 Å². The lowest BCUT2D eigenvalue weighted by atomic mass is 9.96. The first-order valence-electron chi connectivity index (χ1n) is 10.4. The molecule has 2 aromatic rings. The second kappa shape index (κ2) is 11.8. The predicted octanol–water partition coefficient (Wildman–Crippen LogP) is 7.75. The molecule has 2 aliphatic rings. The van der Waals surface area contributed by atoms with Gasteiger partial charge in [-0.05, 0) is 63.1 Å². The van der Waals surface area contributed by atoms with Gasteiger partial charge in [0.05, 0.1) is 0 Å². The zero-order chi connectivity index (χ0) is 19.5. The van der Waals surface area contributed by atoms with E-state index in [2.05, 4.69) is 78.8 Å². The molecule has 1 fully saturated rings. The third-order valence-electron chi connectivity index (χ3n) is 4.90. The fraction of sp³-hybridized carbons (Fsp3) is 0.440. The summed E-state index contributed by atoms with van der Waals surface area (Å²) in [6.07, 6.45) is 12.1. The molecule has 2 heteroatoms. The van der Waals surface area contributed by atoms with Crippen LogP contribution in [0.2, 0.25) is 0 Å².